The maximum absolute atomic E-state index is 10.9. The van der Waals surface area contributed by atoms with Crippen molar-refractivity contribution in [1.82, 2.24) is 0 Å². The zero-order valence-electron chi connectivity index (χ0n) is 11.0. The van der Waals surface area contributed by atoms with Crippen LogP contribution >= 0.6 is 11.6 Å². The fraction of sp³-hybridized carbons (Fsp3) is 0.133. The summed E-state index contributed by atoms with van der Waals surface area (Å²) in [5.41, 5.74) is 8.28. The summed E-state index contributed by atoms with van der Waals surface area (Å²) in [4.78, 5) is 12.8. The molecule has 0 fully saturated rings. The second kappa shape index (κ2) is 5.84. The first-order valence-corrected chi connectivity index (χ1v) is 6.44. The molecule has 0 unspecified atom stereocenters. The van der Waals surface area contributed by atoms with E-state index in [4.69, 9.17) is 22.4 Å². The van der Waals surface area contributed by atoms with Crippen molar-refractivity contribution in [2.45, 2.75) is 6.54 Å². The van der Waals surface area contributed by atoms with Crippen molar-refractivity contribution in [3.05, 3.63) is 58.6 Å². The second-order valence-corrected chi connectivity index (χ2v) is 4.93. The molecule has 0 atom stereocenters. The zero-order valence-corrected chi connectivity index (χ0v) is 11.8. The fourth-order valence-electron chi connectivity index (χ4n) is 2.00. The number of anilines is 2. The molecule has 2 aromatic rings. The second-order valence-electron chi connectivity index (χ2n) is 4.53. The molecule has 0 heterocycles. The third-order valence-corrected chi connectivity index (χ3v) is 3.42. The highest BCUT2D eigenvalue weighted by Gasteiger charge is 2.11. The van der Waals surface area contributed by atoms with Gasteiger partial charge in [-0.1, -0.05) is 29.8 Å². The maximum Gasteiger partial charge on any atom is 0.335 e. The number of nitrogen functional groups attached to an aromatic ring is 1. The minimum Gasteiger partial charge on any atom is -0.478 e. The summed E-state index contributed by atoms with van der Waals surface area (Å²) in [7, 11) is 1.88. The number of carboxylic acids is 1. The average molecular weight is 291 g/mol. The molecule has 0 aromatic heterocycles. The van der Waals surface area contributed by atoms with E-state index in [9.17, 15) is 4.79 Å². The lowest BCUT2D eigenvalue weighted by molar-refractivity contribution is 0.0697. The average Bonchev–Trinajstić information content (AvgIpc) is 2.41. The van der Waals surface area contributed by atoms with Crippen LogP contribution in [-0.4, -0.2) is 18.1 Å². The van der Waals surface area contributed by atoms with Crippen molar-refractivity contribution in [1.29, 1.82) is 0 Å². The number of halogens is 1. The molecule has 0 radical (unpaired) electrons. The summed E-state index contributed by atoms with van der Waals surface area (Å²) in [6, 6.07) is 12.3. The molecule has 0 aliphatic rings. The van der Waals surface area contributed by atoms with Gasteiger partial charge >= 0.3 is 5.97 Å². The molecule has 4 nitrogen and oxygen atoms in total. The Morgan fingerprint density at radius 1 is 1.30 bits per heavy atom. The van der Waals surface area contributed by atoms with Crippen LogP contribution in [0.3, 0.4) is 0 Å². The van der Waals surface area contributed by atoms with Crippen LogP contribution in [0.2, 0.25) is 5.02 Å². The van der Waals surface area contributed by atoms with E-state index in [0.717, 1.165) is 11.3 Å². The van der Waals surface area contributed by atoms with Gasteiger partial charge in [0.25, 0.3) is 0 Å². The Balaban J connectivity index is 2.23. The van der Waals surface area contributed by atoms with E-state index < -0.39 is 5.97 Å². The number of rotatable bonds is 4. The van der Waals surface area contributed by atoms with Crippen LogP contribution in [0.1, 0.15) is 15.9 Å². The van der Waals surface area contributed by atoms with Crippen molar-refractivity contribution in [3.63, 3.8) is 0 Å². The highest BCUT2D eigenvalue weighted by atomic mass is 35.5. The monoisotopic (exact) mass is 290 g/mol. The first-order valence-electron chi connectivity index (χ1n) is 6.06. The lowest BCUT2D eigenvalue weighted by Crippen LogP contribution is -2.18. The Morgan fingerprint density at radius 2 is 2.00 bits per heavy atom. The van der Waals surface area contributed by atoms with Crippen LogP contribution in [0.25, 0.3) is 0 Å². The Labute approximate surface area is 122 Å². The summed E-state index contributed by atoms with van der Waals surface area (Å²) in [5, 5.41) is 9.62. The number of nitrogens with zero attached hydrogens (tertiary/aromatic N) is 1. The number of aromatic carboxylic acids is 1. The first kappa shape index (κ1) is 14.2. The summed E-state index contributed by atoms with van der Waals surface area (Å²) < 4.78 is 0. The largest absolute Gasteiger partial charge is 0.478 e. The molecule has 0 aliphatic carbocycles. The predicted octanol–water partition coefficient (Wildman–Crippen LogP) is 3.26. The van der Waals surface area contributed by atoms with Gasteiger partial charge in [-0.15, -0.1) is 0 Å². The van der Waals surface area contributed by atoms with E-state index in [1.807, 2.05) is 36.2 Å². The van der Waals surface area contributed by atoms with E-state index in [1.165, 1.54) is 12.1 Å². The van der Waals surface area contributed by atoms with Crippen molar-refractivity contribution < 1.29 is 9.90 Å². The van der Waals surface area contributed by atoms with Gasteiger partial charge in [-0.25, -0.2) is 4.79 Å². The molecule has 0 saturated carbocycles. The predicted molar refractivity (Wildman–Crippen MR) is 81.4 cm³/mol. The van der Waals surface area contributed by atoms with Crippen LogP contribution < -0.4 is 10.6 Å². The molecule has 3 N–H and O–H groups in total. The van der Waals surface area contributed by atoms with E-state index in [2.05, 4.69) is 0 Å². The molecule has 2 aromatic carbocycles. The van der Waals surface area contributed by atoms with Gasteiger partial charge in [0, 0.05) is 18.6 Å². The number of hydrogen-bond donors (Lipinski definition) is 2. The molecule has 5 heteroatoms. The van der Waals surface area contributed by atoms with Gasteiger partial charge in [0.15, 0.2) is 0 Å². The molecule has 20 heavy (non-hydrogen) atoms. The van der Waals surface area contributed by atoms with Gasteiger partial charge in [-0.2, -0.15) is 0 Å². The lowest BCUT2D eigenvalue weighted by Gasteiger charge is -2.22. The summed E-state index contributed by atoms with van der Waals surface area (Å²) in [5.74, 6) is -0.989. The van der Waals surface area contributed by atoms with Crippen LogP contribution in [0.5, 0.6) is 0 Å². The molecular weight excluding hydrogens is 276 g/mol. The van der Waals surface area contributed by atoms with Gasteiger partial charge in [0.1, 0.15) is 0 Å². The summed E-state index contributed by atoms with van der Waals surface area (Å²) in [6.07, 6.45) is 0. The first-order chi connectivity index (χ1) is 9.49. The Morgan fingerprint density at radius 3 is 2.60 bits per heavy atom. The quantitative estimate of drug-likeness (QED) is 0.848. The SMILES string of the molecule is CN(Cc1ccccc1Cl)c1ccc(C(=O)O)cc1N. The molecule has 0 amide bonds. The standard InChI is InChI=1S/C15H15ClN2O2/c1-18(9-11-4-2-3-5-12(11)16)14-7-6-10(15(19)20)8-13(14)17/h2-8H,9,17H2,1H3,(H,19,20). The van der Waals surface area contributed by atoms with E-state index in [0.29, 0.717) is 17.3 Å². The van der Waals surface area contributed by atoms with Crippen LogP contribution in [0.15, 0.2) is 42.5 Å². The smallest absolute Gasteiger partial charge is 0.335 e. The van der Waals surface area contributed by atoms with Crippen LogP contribution in [0, 0.1) is 0 Å². The maximum atomic E-state index is 10.9. The lowest BCUT2D eigenvalue weighted by atomic mass is 10.1. The van der Waals surface area contributed by atoms with Crippen molar-refractivity contribution in [2.75, 3.05) is 17.7 Å². The number of carboxylic acid groups (broad SMARTS) is 1. The molecule has 2 rings (SSSR count). The van der Waals surface area contributed by atoms with Crippen molar-refractivity contribution in [3.8, 4) is 0 Å². The number of carbonyl (C=O) groups is 1. The molecular formula is C15H15ClN2O2. The molecule has 0 saturated heterocycles. The van der Waals surface area contributed by atoms with Crippen molar-refractivity contribution >= 4 is 28.9 Å². The molecule has 0 spiro atoms. The Hall–Kier alpha value is -2.20. The summed E-state index contributed by atoms with van der Waals surface area (Å²) >= 11 is 6.13. The van der Waals surface area contributed by atoms with Crippen molar-refractivity contribution in [2.24, 2.45) is 0 Å². The van der Waals surface area contributed by atoms with Gasteiger partial charge < -0.3 is 15.7 Å². The minimum absolute atomic E-state index is 0.178. The minimum atomic E-state index is -0.989. The fourth-order valence-corrected chi connectivity index (χ4v) is 2.20. The summed E-state index contributed by atoms with van der Waals surface area (Å²) in [6.45, 7) is 0.594. The topological polar surface area (TPSA) is 66.6 Å². The van der Waals surface area contributed by atoms with Crippen LogP contribution in [0.4, 0.5) is 11.4 Å². The number of nitrogens with two attached hydrogens (primary N) is 1. The molecule has 0 aliphatic heterocycles. The Kier molecular flexibility index (Phi) is 4.15. The van der Waals surface area contributed by atoms with E-state index in [-0.39, 0.29) is 5.56 Å². The molecule has 104 valence electrons. The van der Waals surface area contributed by atoms with Gasteiger partial charge in [-0.05, 0) is 29.8 Å². The van der Waals surface area contributed by atoms with Crippen LogP contribution in [-0.2, 0) is 6.54 Å². The number of benzene rings is 2. The van der Waals surface area contributed by atoms with E-state index >= 15 is 0 Å². The Bertz CT molecular complexity index is 644. The molecule has 0 bridgehead atoms. The third kappa shape index (κ3) is 3.03. The van der Waals surface area contributed by atoms with E-state index in [1.54, 1.807) is 6.07 Å². The van der Waals surface area contributed by atoms with Gasteiger partial charge in [0.05, 0.1) is 16.9 Å². The highest BCUT2D eigenvalue weighted by Crippen LogP contribution is 2.26. The normalized spacial score (nSPS) is 10.3. The zero-order chi connectivity index (χ0) is 14.7. The number of hydrogen-bond acceptors (Lipinski definition) is 3. The van der Waals surface area contributed by atoms with Gasteiger partial charge in [0.2, 0.25) is 0 Å². The highest BCUT2D eigenvalue weighted by molar-refractivity contribution is 6.31. The van der Waals surface area contributed by atoms with Gasteiger partial charge in [-0.3, -0.25) is 0 Å². The third-order valence-electron chi connectivity index (χ3n) is 3.05.